The number of imidazole rings is 1. The van der Waals surface area contributed by atoms with Crippen molar-refractivity contribution in [1.29, 1.82) is 0 Å². The van der Waals surface area contributed by atoms with Crippen LogP contribution < -0.4 is 15.4 Å². The number of nitrogens with one attached hydrogen (secondary N) is 2. The second kappa shape index (κ2) is 11.9. The number of rotatable bonds is 8. The van der Waals surface area contributed by atoms with E-state index in [-0.39, 0.29) is 31.3 Å². The molecule has 5 aromatic rings. The first-order valence-corrected chi connectivity index (χ1v) is 13.0. The highest BCUT2D eigenvalue weighted by Crippen LogP contribution is 2.33. The third-order valence-corrected chi connectivity index (χ3v) is 6.82. The van der Waals surface area contributed by atoms with Gasteiger partial charge in [-0.3, -0.25) is 4.79 Å². The Bertz CT molecular complexity index is 1710. The minimum atomic E-state index is -0.316. The molecule has 3 aromatic heterocycles. The molecule has 5 rings (SSSR count). The molecular formula is C28H22ClFN6O2S. The highest BCUT2D eigenvalue weighted by atomic mass is 35.5. The van der Waals surface area contributed by atoms with Crippen LogP contribution in [0.3, 0.4) is 0 Å². The fourth-order valence-corrected chi connectivity index (χ4v) is 4.85. The molecule has 8 nitrogen and oxygen atoms in total. The highest BCUT2D eigenvalue weighted by molar-refractivity contribution is 7.20. The number of fused-ring (bicyclic) bond motifs is 1. The first kappa shape index (κ1) is 26.2. The van der Waals surface area contributed by atoms with E-state index >= 15 is 0 Å². The third-order valence-electron chi connectivity index (χ3n) is 5.47. The molecule has 2 N–H and O–H groups in total. The van der Waals surface area contributed by atoms with Crippen LogP contribution in [0.15, 0.2) is 67.4 Å². The molecule has 0 fully saturated rings. The van der Waals surface area contributed by atoms with Crippen molar-refractivity contribution in [3.63, 3.8) is 0 Å². The average molecular weight is 561 g/mol. The van der Waals surface area contributed by atoms with Gasteiger partial charge in [0.05, 0.1) is 45.1 Å². The van der Waals surface area contributed by atoms with Crippen molar-refractivity contribution in [3.05, 3.63) is 94.4 Å². The standard InChI is InChI=1S/C28H22ClFN6O2S/c1-36-14-21(34-17-36)12-26(37)31-9-3-6-22-13-24-27(39-22)28(33-16-32-24)35-20-7-8-25(23(29)11-20)38-15-18-4-2-5-19(30)10-18/h2,4-5,7-8,10-11,13-14,16-17H,9,12,15H2,1H3,(H,31,37)(H,32,33,35). The van der Waals surface area contributed by atoms with Gasteiger partial charge in [-0.15, -0.1) is 11.3 Å². The van der Waals surface area contributed by atoms with E-state index < -0.39 is 0 Å². The summed E-state index contributed by atoms with van der Waals surface area (Å²) < 4.78 is 21.8. The van der Waals surface area contributed by atoms with E-state index in [1.165, 1.54) is 29.8 Å². The number of carbonyl (C=O) groups is 1. The Labute approximate surface area is 232 Å². The van der Waals surface area contributed by atoms with E-state index in [1.807, 2.05) is 19.2 Å². The molecule has 0 saturated carbocycles. The number of ether oxygens (including phenoxy) is 1. The van der Waals surface area contributed by atoms with Crippen molar-refractivity contribution in [3.8, 4) is 17.6 Å². The number of anilines is 2. The fourth-order valence-electron chi connectivity index (χ4n) is 3.68. The number of aryl methyl sites for hydroxylation is 1. The molecule has 2 aromatic carbocycles. The predicted octanol–water partition coefficient (Wildman–Crippen LogP) is 5.25. The molecule has 0 spiro atoms. The molecule has 0 saturated heterocycles. The van der Waals surface area contributed by atoms with Crippen molar-refractivity contribution in [2.24, 2.45) is 7.05 Å². The summed E-state index contributed by atoms with van der Waals surface area (Å²) in [6.07, 6.45) is 5.15. The number of carbonyl (C=O) groups excluding carboxylic acids is 1. The first-order valence-electron chi connectivity index (χ1n) is 11.8. The number of nitrogens with zero attached hydrogens (tertiary/aromatic N) is 4. The van der Waals surface area contributed by atoms with Crippen LogP contribution in [0.25, 0.3) is 10.2 Å². The van der Waals surface area contributed by atoms with Crippen LogP contribution in [0.4, 0.5) is 15.9 Å². The highest BCUT2D eigenvalue weighted by Gasteiger charge is 2.11. The van der Waals surface area contributed by atoms with Crippen molar-refractivity contribution in [2.75, 3.05) is 11.9 Å². The lowest BCUT2D eigenvalue weighted by molar-refractivity contribution is -0.120. The molecule has 0 bridgehead atoms. The smallest absolute Gasteiger partial charge is 0.226 e. The van der Waals surface area contributed by atoms with Gasteiger partial charge in [0.2, 0.25) is 5.91 Å². The quantitative estimate of drug-likeness (QED) is 0.252. The summed E-state index contributed by atoms with van der Waals surface area (Å²) in [5.41, 5.74) is 2.88. The van der Waals surface area contributed by atoms with Crippen molar-refractivity contribution in [2.45, 2.75) is 13.0 Å². The number of hydrogen-bond donors (Lipinski definition) is 2. The Morgan fingerprint density at radius 3 is 2.87 bits per heavy atom. The van der Waals surface area contributed by atoms with E-state index in [4.69, 9.17) is 16.3 Å². The zero-order valence-corrected chi connectivity index (χ0v) is 22.3. The van der Waals surface area contributed by atoms with Gasteiger partial charge in [-0.1, -0.05) is 35.6 Å². The SMILES string of the molecule is Cn1cnc(CC(=O)NCC#Cc2cc3ncnc(Nc4ccc(OCc5cccc(F)c5)c(Cl)c4)c3s2)c1. The molecule has 1 amide bonds. The summed E-state index contributed by atoms with van der Waals surface area (Å²) in [6, 6.07) is 13.4. The Morgan fingerprint density at radius 2 is 2.08 bits per heavy atom. The number of amides is 1. The maximum atomic E-state index is 13.4. The second-order valence-electron chi connectivity index (χ2n) is 8.52. The molecule has 0 atom stereocenters. The van der Waals surface area contributed by atoms with E-state index in [2.05, 4.69) is 37.4 Å². The first-order chi connectivity index (χ1) is 18.9. The predicted molar refractivity (Wildman–Crippen MR) is 150 cm³/mol. The molecular weight excluding hydrogens is 539 g/mol. The Hall–Kier alpha value is -4.46. The van der Waals surface area contributed by atoms with Crippen molar-refractivity contribution >= 4 is 50.6 Å². The minimum absolute atomic E-state index is 0.138. The van der Waals surface area contributed by atoms with Crippen LogP contribution >= 0.6 is 22.9 Å². The van der Waals surface area contributed by atoms with Crippen LogP contribution in [0.1, 0.15) is 16.1 Å². The fraction of sp³-hybridized carbons (Fsp3) is 0.143. The zero-order chi connectivity index (χ0) is 27.2. The molecule has 0 aliphatic heterocycles. The molecule has 196 valence electrons. The lowest BCUT2D eigenvalue weighted by Crippen LogP contribution is -2.25. The Balaban J connectivity index is 1.21. The Kier molecular flexibility index (Phi) is 8.01. The minimum Gasteiger partial charge on any atom is -0.487 e. The molecule has 0 aliphatic rings. The Morgan fingerprint density at radius 1 is 1.18 bits per heavy atom. The normalized spacial score (nSPS) is 10.6. The zero-order valence-electron chi connectivity index (χ0n) is 20.7. The molecule has 11 heteroatoms. The number of hydrogen-bond acceptors (Lipinski definition) is 7. The van der Waals surface area contributed by atoms with Gasteiger partial charge in [0.15, 0.2) is 5.82 Å². The topological polar surface area (TPSA) is 94.0 Å². The maximum absolute atomic E-state index is 13.4. The summed E-state index contributed by atoms with van der Waals surface area (Å²) in [5, 5.41) is 6.46. The van der Waals surface area contributed by atoms with Gasteiger partial charge in [-0.05, 0) is 42.0 Å². The molecule has 39 heavy (non-hydrogen) atoms. The number of aromatic nitrogens is 4. The van der Waals surface area contributed by atoms with E-state index in [0.717, 1.165) is 20.8 Å². The van der Waals surface area contributed by atoms with E-state index in [9.17, 15) is 9.18 Å². The second-order valence-corrected chi connectivity index (χ2v) is 9.98. The molecule has 0 radical (unpaired) electrons. The lowest BCUT2D eigenvalue weighted by Gasteiger charge is -2.11. The van der Waals surface area contributed by atoms with Gasteiger partial charge >= 0.3 is 0 Å². The van der Waals surface area contributed by atoms with Crippen LogP contribution in [0, 0.1) is 17.7 Å². The van der Waals surface area contributed by atoms with Crippen LogP contribution in [0.2, 0.25) is 5.02 Å². The van der Waals surface area contributed by atoms with E-state index in [0.29, 0.717) is 27.8 Å². The van der Waals surface area contributed by atoms with Gasteiger partial charge in [-0.25, -0.2) is 19.3 Å². The van der Waals surface area contributed by atoms with Gasteiger partial charge in [0.1, 0.15) is 24.5 Å². The lowest BCUT2D eigenvalue weighted by atomic mass is 10.2. The molecule has 0 aliphatic carbocycles. The largest absolute Gasteiger partial charge is 0.487 e. The maximum Gasteiger partial charge on any atom is 0.226 e. The van der Waals surface area contributed by atoms with Gasteiger partial charge in [0, 0.05) is 18.9 Å². The van der Waals surface area contributed by atoms with E-state index in [1.54, 1.807) is 41.4 Å². The van der Waals surface area contributed by atoms with Gasteiger partial charge in [-0.2, -0.15) is 0 Å². The number of halogens is 2. The summed E-state index contributed by atoms with van der Waals surface area (Å²) >= 11 is 7.88. The van der Waals surface area contributed by atoms with Crippen molar-refractivity contribution < 1.29 is 13.9 Å². The summed E-state index contributed by atoms with van der Waals surface area (Å²) in [7, 11) is 1.86. The van der Waals surface area contributed by atoms with Crippen molar-refractivity contribution in [1.82, 2.24) is 24.8 Å². The van der Waals surface area contributed by atoms with Gasteiger partial charge in [0.25, 0.3) is 0 Å². The summed E-state index contributed by atoms with van der Waals surface area (Å²) in [4.78, 5) is 25.7. The average Bonchev–Trinajstić information content (AvgIpc) is 3.52. The van der Waals surface area contributed by atoms with Gasteiger partial charge < -0.3 is 19.9 Å². The molecule has 0 unspecified atom stereocenters. The van der Waals surface area contributed by atoms with Crippen LogP contribution in [-0.4, -0.2) is 32.0 Å². The summed E-state index contributed by atoms with van der Waals surface area (Å²) in [6.45, 7) is 0.423. The van der Waals surface area contributed by atoms with Crippen LogP contribution in [-0.2, 0) is 24.9 Å². The number of benzene rings is 2. The van der Waals surface area contributed by atoms with Crippen LogP contribution in [0.5, 0.6) is 5.75 Å². The summed E-state index contributed by atoms with van der Waals surface area (Å²) in [5.74, 6) is 6.70. The third kappa shape index (κ3) is 6.90. The molecule has 3 heterocycles. The monoisotopic (exact) mass is 560 g/mol. The number of thiophene rings is 1.